The van der Waals surface area contributed by atoms with Gasteiger partial charge >= 0.3 is 5.97 Å². The molecular formula is C9H5Cl2FO2. The molecule has 2 nitrogen and oxygen atoms in total. The highest BCUT2D eigenvalue weighted by atomic mass is 35.5. The van der Waals surface area contributed by atoms with Crippen molar-refractivity contribution in [2.75, 3.05) is 0 Å². The molecule has 0 spiro atoms. The first kappa shape index (κ1) is 11.0. The average molecular weight is 235 g/mol. The van der Waals surface area contributed by atoms with Gasteiger partial charge in [0.2, 0.25) is 0 Å². The molecule has 1 aromatic carbocycles. The summed E-state index contributed by atoms with van der Waals surface area (Å²) in [6, 6.07) is 3.82. The highest BCUT2D eigenvalue weighted by molar-refractivity contribution is 6.32. The molecule has 0 saturated carbocycles. The monoisotopic (exact) mass is 234 g/mol. The molecule has 0 aliphatic carbocycles. The minimum atomic E-state index is -0.716. The lowest BCUT2D eigenvalue weighted by Crippen LogP contribution is -1.89. The fraction of sp³-hybridized carbons (Fsp3) is 0. The van der Waals surface area contributed by atoms with Crippen molar-refractivity contribution in [2.45, 2.75) is 0 Å². The number of rotatable bonds is 2. The Hall–Kier alpha value is -1.06. The van der Waals surface area contributed by atoms with E-state index >= 15 is 0 Å². The van der Waals surface area contributed by atoms with Crippen LogP contribution in [-0.2, 0) is 9.08 Å². The first-order chi connectivity index (χ1) is 6.63. The third-order valence-corrected chi connectivity index (χ3v) is 1.92. The van der Waals surface area contributed by atoms with Gasteiger partial charge in [0.25, 0.3) is 0 Å². The number of carbonyl (C=O) groups excluding carboxylic acids is 1. The number of hydrogen-bond acceptors (Lipinski definition) is 2. The summed E-state index contributed by atoms with van der Waals surface area (Å²) in [6.07, 6.45) is 2.47. The molecule has 1 rings (SSSR count). The Morgan fingerprint density at radius 3 is 2.79 bits per heavy atom. The van der Waals surface area contributed by atoms with E-state index in [-0.39, 0.29) is 5.02 Å². The molecule has 0 atom stereocenters. The van der Waals surface area contributed by atoms with Crippen LogP contribution in [0.5, 0.6) is 0 Å². The van der Waals surface area contributed by atoms with Gasteiger partial charge < -0.3 is 4.29 Å². The summed E-state index contributed by atoms with van der Waals surface area (Å²) in [5.41, 5.74) is 0.509. The molecule has 1 aromatic rings. The van der Waals surface area contributed by atoms with Crippen LogP contribution in [0, 0.1) is 5.82 Å². The Balaban J connectivity index is 2.87. The highest BCUT2D eigenvalue weighted by Crippen LogP contribution is 2.18. The highest BCUT2D eigenvalue weighted by Gasteiger charge is 1.99. The second kappa shape index (κ2) is 4.98. The standard InChI is InChI=1S/C9H5Cl2FO2/c10-8-5-7(12)3-1-6(8)2-4-9(13)14-11/h1-5H/b4-2+. The van der Waals surface area contributed by atoms with E-state index in [1.54, 1.807) is 0 Å². The molecule has 0 fully saturated rings. The lowest BCUT2D eigenvalue weighted by Gasteiger charge is -1.96. The summed E-state index contributed by atoms with van der Waals surface area (Å²) >= 11 is 10.5. The van der Waals surface area contributed by atoms with Crippen molar-refractivity contribution in [1.82, 2.24) is 0 Å². The number of benzene rings is 1. The van der Waals surface area contributed by atoms with Crippen LogP contribution < -0.4 is 0 Å². The minimum absolute atomic E-state index is 0.212. The zero-order valence-electron chi connectivity index (χ0n) is 6.84. The molecule has 14 heavy (non-hydrogen) atoms. The predicted octanol–water partition coefficient (Wildman–Crippen LogP) is 3.19. The summed E-state index contributed by atoms with van der Waals surface area (Å²) in [6.45, 7) is 0. The molecule has 0 saturated heterocycles. The Bertz CT molecular complexity index is 377. The molecule has 0 amide bonds. The first-order valence-corrected chi connectivity index (χ1v) is 4.28. The Morgan fingerprint density at radius 2 is 2.21 bits per heavy atom. The van der Waals surface area contributed by atoms with Crippen LogP contribution in [-0.4, -0.2) is 5.97 Å². The maximum atomic E-state index is 12.6. The van der Waals surface area contributed by atoms with Crippen molar-refractivity contribution in [2.24, 2.45) is 0 Å². The van der Waals surface area contributed by atoms with E-state index in [1.807, 2.05) is 0 Å². The van der Waals surface area contributed by atoms with Gasteiger partial charge in [0.1, 0.15) is 17.7 Å². The largest absolute Gasteiger partial charge is 0.349 e. The molecule has 0 radical (unpaired) electrons. The molecule has 5 heteroatoms. The van der Waals surface area contributed by atoms with Crippen molar-refractivity contribution >= 4 is 35.5 Å². The maximum Gasteiger partial charge on any atom is 0.349 e. The molecule has 0 aliphatic rings. The SMILES string of the molecule is O=C(/C=C/c1ccc(F)cc1Cl)OCl. The zero-order valence-corrected chi connectivity index (χ0v) is 8.35. The molecule has 0 unspecified atom stereocenters. The van der Waals surface area contributed by atoms with Crippen molar-refractivity contribution < 1.29 is 13.5 Å². The predicted molar refractivity (Wildman–Crippen MR) is 52.4 cm³/mol. The molecule has 0 N–H and O–H groups in total. The van der Waals surface area contributed by atoms with Crippen LogP contribution in [0.2, 0.25) is 5.02 Å². The second-order valence-corrected chi connectivity index (χ2v) is 2.96. The van der Waals surface area contributed by atoms with Gasteiger partial charge in [-0.3, -0.25) is 0 Å². The van der Waals surface area contributed by atoms with Crippen molar-refractivity contribution in [3.8, 4) is 0 Å². The number of halogens is 3. The zero-order chi connectivity index (χ0) is 10.6. The lowest BCUT2D eigenvalue weighted by molar-refractivity contribution is -0.128. The number of carbonyl (C=O) groups is 1. The van der Waals surface area contributed by atoms with Gasteiger partial charge in [-0.1, -0.05) is 17.7 Å². The third-order valence-electron chi connectivity index (χ3n) is 1.44. The fourth-order valence-electron chi connectivity index (χ4n) is 0.820. The average Bonchev–Trinajstić information content (AvgIpc) is 2.16. The quantitative estimate of drug-likeness (QED) is 0.735. The summed E-state index contributed by atoms with van der Waals surface area (Å²) in [5, 5.41) is 0.212. The van der Waals surface area contributed by atoms with Gasteiger partial charge in [0.05, 0.1) is 5.02 Å². The molecule has 74 valence electrons. The van der Waals surface area contributed by atoms with Crippen LogP contribution >= 0.6 is 23.5 Å². The van der Waals surface area contributed by atoms with Crippen molar-refractivity contribution in [1.29, 1.82) is 0 Å². The summed E-state index contributed by atoms with van der Waals surface area (Å²) < 4.78 is 16.5. The van der Waals surface area contributed by atoms with E-state index in [0.29, 0.717) is 5.56 Å². The summed E-state index contributed by atoms with van der Waals surface area (Å²) in [5.74, 6) is -1.15. The topological polar surface area (TPSA) is 26.3 Å². The second-order valence-electron chi connectivity index (χ2n) is 2.40. The van der Waals surface area contributed by atoms with E-state index in [1.165, 1.54) is 18.2 Å². The third kappa shape index (κ3) is 3.01. The van der Waals surface area contributed by atoms with E-state index in [4.69, 9.17) is 23.5 Å². The smallest absolute Gasteiger partial charge is 0.344 e. The normalized spacial score (nSPS) is 10.5. The van der Waals surface area contributed by atoms with Crippen molar-refractivity contribution in [3.63, 3.8) is 0 Å². The molecular weight excluding hydrogens is 230 g/mol. The summed E-state index contributed by atoms with van der Waals surface area (Å²) in [4.78, 5) is 10.6. The lowest BCUT2D eigenvalue weighted by atomic mass is 10.2. The van der Waals surface area contributed by atoms with Crippen LogP contribution in [0.25, 0.3) is 6.08 Å². The summed E-state index contributed by atoms with van der Waals surface area (Å²) in [7, 11) is 0. The maximum absolute atomic E-state index is 12.6. The van der Waals surface area contributed by atoms with Gasteiger partial charge in [-0.25, -0.2) is 9.18 Å². The van der Waals surface area contributed by atoms with E-state index in [0.717, 1.165) is 12.1 Å². The minimum Gasteiger partial charge on any atom is -0.344 e. The van der Waals surface area contributed by atoms with Gasteiger partial charge in [-0.15, -0.1) is 0 Å². The van der Waals surface area contributed by atoms with Crippen molar-refractivity contribution in [3.05, 3.63) is 40.7 Å². The van der Waals surface area contributed by atoms with E-state index in [2.05, 4.69) is 4.29 Å². The van der Waals surface area contributed by atoms with Gasteiger partial charge in [-0.05, 0) is 23.8 Å². The van der Waals surface area contributed by atoms with Crippen LogP contribution in [0.15, 0.2) is 24.3 Å². The molecule has 0 aliphatic heterocycles. The Kier molecular flexibility index (Phi) is 3.92. The van der Waals surface area contributed by atoms with Gasteiger partial charge in [0, 0.05) is 6.08 Å². The van der Waals surface area contributed by atoms with E-state index < -0.39 is 11.8 Å². The molecule has 0 heterocycles. The molecule has 0 aromatic heterocycles. The molecule has 0 bridgehead atoms. The van der Waals surface area contributed by atoms with E-state index in [9.17, 15) is 9.18 Å². The van der Waals surface area contributed by atoms with Gasteiger partial charge in [-0.2, -0.15) is 0 Å². The number of hydrogen-bond donors (Lipinski definition) is 0. The Labute approximate surface area is 90.1 Å². The fourth-order valence-corrected chi connectivity index (χ4v) is 1.10. The van der Waals surface area contributed by atoms with Crippen LogP contribution in [0.3, 0.4) is 0 Å². The van der Waals surface area contributed by atoms with Crippen LogP contribution in [0.1, 0.15) is 5.56 Å². The first-order valence-electron chi connectivity index (χ1n) is 3.59. The Morgan fingerprint density at radius 1 is 1.50 bits per heavy atom. The van der Waals surface area contributed by atoms with Crippen LogP contribution in [0.4, 0.5) is 4.39 Å². The van der Waals surface area contributed by atoms with Gasteiger partial charge in [0.15, 0.2) is 0 Å².